The lowest BCUT2D eigenvalue weighted by Gasteiger charge is -2.09. The van der Waals surface area contributed by atoms with Crippen molar-refractivity contribution in [3.8, 4) is 0 Å². The monoisotopic (exact) mass is 252 g/mol. The van der Waals surface area contributed by atoms with Crippen LogP contribution in [0, 0.1) is 6.92 Å². The van der Waals surface area contributed by atoms with Gasteiger partial charge in [0.25, 0.3) is 0 Å². The zero-order valence-electron chi connectivity index (χ0n) is 10.2. The average molecular weight is 252 g/mol. The van der Waals surface area contributed by atoms with E-state index in [2.05, 4.69) is 15.4 Å². The zero-order chi connectivity index (χ0) is 12.4. The number of aromatic nitrogens is 2. The highest BCUT2D eigenvalue weighted by Gasteiger charge is 2.11. The maximum Gasteiger partial charge on any atom is 0.152 e. The second kappa shape index (κ2) is 4.95. The third-order valence-electron chi connectivity index (χ3n) is 2.57. The summed E-state index contributed by atoms with van der Waals surface area (Å²) < 4.78 is 5.22. The second-order valence-corrected chi connectivity index (χ2v) is 5.19. The molecular weight excluding hydrogens is 236 g/mol. The number of rotatable bonds is 4. The van der Waals surface area contributed by atoms with E-state index in [9.17, 15) is 0 Å². The molecule has 0 saturated carbocycles. The highest BCUT2D eigenvalue weighted by atomic mass is 32.1. The van der Waals surface area contributed by atoms with Gasteiger partial charge in [-0.15, -0.1) is 11.3 Å². The molecule has 6 heteroatoms. The zero-order valence-corrected chi connectivity index (χ0v) is 11.0. The van der Waals surface area contributed by atoms with E-state index in [0.717, 1.165) is 16.0 Å². The summed E-state index contributed by atoms with van der Waals surface area (Å²) >= 11 is 1.64. The van der Waals surface area contributed by atoms with E-state index in [1.165, 1.54) is 4.88 Å². The summed E-state index contributed by atoms with van der Waals surface area (Å²) in [7, 11) is 1.68. The van der Waals surface area contributed by atoms with E-state index in [1.54, 1.807) is 18.4 Å². The molecule has 2 aromatic heterocycles. The molecule has 0 radical (unpaired) electrons. The van der Waals surface area contributed by atoms with Crippen molar-refractivity contribution in [2.24, 2.45) is 5.84 Å². The Labute approximate surface area is 104 Å². The molecule has 92 valence electrons. The van der Waals surface area contributed by atoms with Gasteiger partial charge in [-0.1, -0.05) is 0 Å². The van der Waals surface area contributed by atoms with Gasteiger partial charge in [-0.2, -0.15) is 0 Å². The topological polar surface area (TPSA) is 73.1 Å². The van der Waals surface area contributed by atoms with E-state index >= 15 is 0 Å². The SMILES string of the molecule is COC(C)Cc1nc(NN)c2cc(C)sc2n1. The molecule has 0 aromatic carbocycles. The fourth-order valence-electron chi connectivity index (χ4n) is 1.63. The van der Waals surface area contributed by atoms with Crippen LogP contribution in [-0.2, 0) is 11.2 Å². The average Bonchev–Trinajstić information content (AvgIpc) is 2.68. The second-order valence-electron chi connectivity index (χ2n) is 3.96. The number of hydrazine groups is 1. The number of fused-ring (bicyclic) bond motifs is 1. The lowest BCUT2D eigenvalue weighted by Crippen LogP contribution is -2.14. The van der Waals surface area contributed by atoms with Gasteiger partial charge in [-0.3, -0.25) is 0 Å². The Hall–Kier alpha value is -1.24. The smallest absolute Gasteiger partial charge is 0.152 e. The van der Waals surface area contributed by atoms with Crippen molar-refractivity contribution < 1.29 is 4.74 Å². The molecule has 2 heterocycles. The van der Waals surface area contributed by atoms with Crippen LogP contribution in [0.5, 0.6) is 0 Å². The van der Waals surface area contributed by atoms with Crippen molar-refractivity contribution in [1.29, 1.82) is 0 Å². The minimum atomic E-state index is 0.0964. The van der Waals surface area contributed by atoms with Gasteiger partial charge < -0.3 is 10.2 Å². The number of methoxy groups -OCH3 is 1. The van der Waals surface area contributed by atoms with E-state index in [4.69, 9.17) is 10.6 Å². The Morgan fingerprint density at radius 3 is 2.94 bits per heavy atom. The van der Waals surface area contributed by atoms with Gasteiger partial charge in [0.05, 0.1) is 11.5 Å². The summed E-state index contributed by atoms with van der Waals surface area (Å²) in [6, 6.07) is 2.04. The molecule has 0 bridgehead atoms. The van der Waals surface area contributed by atoms with Crippen molar-refractivity contribution in [3.63, 3.8) is 0 Å². The standard InChI is InChI=1S/C11H16N4OS/c1-6(16-3)4-9-13-10(15-12)8-5-7(2)17-11(8)14-9/h5-6H,4,12H2,1-3H3,(H,13,14,15). The summed E-state index contributed by atoms with van der Waals surface area (Å²) in [6.07, 6.45) is 0.775. The van der Waals surface area contributed by atoms with Crippen molar-refractivity contribution in [1.82, 2.24) is 9.97 Å². The number of thiophene rings is 1. The number of aryl methyl sites for hydroxylation is 1. The summed E-state index contributed by atoms with van der Waals surface area (Å²) in [5.41, 5.74) is 2.63. The van der Waals surface area contributed by atoms with Crippen LogP contribution in [0.3, 0.4) is 0 Å². The predicted molar refractivity (Wildman–Crippen MR) is 70.1 cm³/mol. The van der Waals surface area contributed by atoms with Crippen LogP contribution in [0.25, 0.3) is 10.2 Å². The van der Waals surface area contributed by atoms with Crippen LogP contribution in [-0.4, -0.2) is 23.2 Å². The number of hydrogen-bond donors (Lipinski definition) is 2. The lowest BCUT2D eigenvalue weighted by molar-refractivity contribution is 0.117. The van der Waals surface area contributed by atoms with Gasteiger partial charge in [-0.25, -0.2) is 15.8 Å². The highest BCUT2D eigenvalue weighted by Crippen LogP contribution is 2.28. The van der Waals surface area contributed by atoms with Crippen molar-refractivity contribution in [3.05, 3.63) is 16.8 Å². The predicted octanol–water partition coefficient (Wildman–Crippen LogP) is 1.86. The molecule has 0 aliphatic heterocycles. The Kier molecular flexibility index (Phi) is 3.56. The molecule has 0 fully saturated rings. The molecule has 2 aromatic rings. The van der Waals surface area contributed by atoms with Crippen molar-refractivity contribution in [2.75, 3.05) is 12.5 Å². The van der Waals surface area contributed by atoms with Crippen molar-refractivity contribution >= 4 is 27.4 Å². The van der Waals surface area contributed by atoms with E-state index in [1.807, 2.05) is 19.9 Å². The Bertz CT molecular complexity index is 525. The van der Waals surface area contributed by atoms with Gasteiger partial charge >= 0.3 is 0 Å². The number of ether oxygens (including phenoxy) is 1. The molecule has 0 aliphatic rings. The van der Waals surface area contributed by atoms with Crippen LogP contribution in [0.2, 0.25) is 0 Å². The first-order valence-corrected chi connectivity index (χ1v) is 6.22. The number of nitrogen functional groups attached to an aromatic ring is 1. The minimum absolute atomic E-state index is 0.0964. The molecule has 0 spiro atoms. The lowest BCUT2D eigenvalue weighted by atomic mass is 10.2. The molecule has 2 rings (SSSR count). The summed E-state index contributed by atoms with van der Waals surface area (Å²) in [5.74, 6) is 6.92. The fourth-order valence-corrected chi connectivity index (χ4v) is 2.53. The first-order chi connectivity index (χ1) is 8.13. The molecule has 0 saturated heterocycles. The molecule has 1 unspecified atom stereocenters. The Morgan fingerprint density at radius 1 is 1.53 bits per heavy atom. The van der Waals surface area contributed by atoms with Gasteiger partial charge in [0.1, 0.15) is 10.7 Å². The highest BCUT2D eigenvalue weighted by molar-refractivity contribution is 7.18. The van der Waals surface area contributed by atoms with Crippen LogP contribution in [0.15, 0.2) is 6.07 Å². The maximum absolute atomic E-state index is 5.49. The van der Waals surface area contributed by atoms with Crippen LogP contribution >= 0.6 is 11.3 Å². The molecular formula is C11H16N4OS. The van der Waals surface area contributed by atoms with Gasteiger partial charge in [0.2, 0.25) is 0 Å². The number of anilines is 1. The third kappa shape index (κ3) is 2.54. The van der Waals surface area contributed by atoms with Crippen LogP contribution in [0.4, 0.5) is 5.82 Å². The van der Waals surface area contributed by atoms with Crippen LogP contribution in [0.1, 0.15) is 17.6 Å². The Morgan fingerprint density at radius 2 is 2.29 bits per heavy atom. The molecule has 5 nitrogen and oxygen atoms in total. The molecule has 3 N–H and O–H groups in total. The molecule has 17 heavy (non-hydrogen) atoms. The number of nitrogens with one attached hydrogen (secondary N) is 1. The number of hydrogen-bond acceptors (Lipinski definition) is 6. The molecule has 0 aliphatic carbocycles. The quantitative estimate of drug-likeness (QED) is 0.642. The third-order valence-corrected chi connectivity index (χ3v) is 3.52. The summed E-state index contributed by atoms with van der Waals surface area (Å²) in [6.45, 7) is 4.03. The summed E-state index contributed by atoms with van der Waals surface area (Å²) in [5, 5.41) is 0.976. The molecule has 1 atom stereocenters. The van der Waals surface area contributed by atoms with E-state index < -0.39 is 0 Å². The van der Waals surface area contributed by atoms with E-state index in [0.29, 0.717) is 12.2 Å². The first kappa shape index (κ1) is 12.2. The first-order valence-electron chi connectivity index (χ1n) is 5.40. The van der Waals surface area contributed by atoms with Gasteiger partial charge in [-0.05, 0) is 19.9 Å². The number of nitrogens with two attached hydrogens (primary N) is 1. The minimum Gasteiger partial charge on any atom is -0.381 e. The summed E-state index contributed by atoms with van der Waals surface area (Å²) in [4.78, 5) is 11.1. The molecule has 0 amide bonds. The number of nitrogens with zero attached hydrogens (tertiary/aromatic N) is 2. The van der Waals surface area contributed by atoms with Crippen molar-refractivity contribution in [2.45, 2.75) is 26.4 Å². The van der Waals surface area contributed by atoms with E-state index in [-0.39, 0.29) is 6.10 Å². The van der Waals surface area contributed by atoms with Gasteiger partial charge in [0.15, 0.2) is 5.82 Å². The fraction of sp³-hybridized carbons (Fsp3) is 0.455. The van der Waals surface area contributed by atoms with Crippen LogP contribution < -0.4 is 11.3 Å². The maximum atomic E-state index is 5.49. The normalized spacial score (nSPS) is 12.9. The largest absolute Gasteiger partial charge is 0.381 e. The Balaban J connectivity index is 2.44. The van der Waals surface area contributed by atoms with Gasteiger partial charge in [0, 0.05) is 18.4 Å².